The summed E-state index contributed by atoms with van der Waals surface area (Å²) in [5.74, 6) is 0. The zero-order valence-electron chi connectivity index (χ0n) is 29.5. The van der Waals surface area contributed by atoms with E-state index in [0.29, 0.717) is 0 Å². The van der Waals surface area contributed by atoms with Gasteiger partial charge in [-0.1, -0.05) is 172 Å². The van der Waals surface area contributed by atoms with E-state index in [0.717, 1.165) is 12.8 Å². The van der Waals surface area contributed by atoms with Crippen LogP contribution in [-0.4, -0.2) is 0 Å². The van der Waals surface area contributed by atoms with Gasteiger partial charge in [0.2, 0.25) is 0 Å². The van der Waals surface area contributed by atoms with Crippen LogP contribution in [0.15, 0.2) is 170 Å². The molecular weight excluding hydrogens is 645 g/mol. The fraction of sp³-hybridized carbons (Fsp3) is 0.0980. The first-order valence-electron chi connectivity index (χ1n) is 18.4. The Hall–Kier alpha value is -5.76. The van der Waals surface area contributed by atoms with Crippen LogP contribution in [0.5, 0.6) is 0 Å². The van der Waals surface area contributed by atoms with E-state index in [2.05, 4.69) is 184 Å². The molecule has 8 aromatic rings. The Kier molecular flexibility index (Phi) is 7.27. The number of rotatable bonds is 3. The summed E-state index contributed by atoms with van der Waals surface area (Å²) >= 11 is 1.92. The monoisotopic (exact) mass is 682 g/mol. The third kappa shape index (κ3) is 4.80. The van der Waals surface area contributed by atoms with Gasteiger partial charge in [0.1, 0.15) is 0 Å². The summed E-state index contributed by atoms with van der Waals surface area (Å²) in [6, 6.07) is 54.3. The summed E-state index contributed by atoms with van der Waals surface area (Å²) < 4.78 is 2.72. The summed E-state index contributed by atoms with van der Waals surface area (Å²) in [7, 11) is 0. The van der Waals surface area contributed by atoms with Crippen LogP contribution in [0.1, 0.15) is 48.9 Å². The summed E-state index contributed by atoms with van der Waals surface area (Å²) in [6.45, 7) is 4.82. The lowest BCUT2D eigenvalue weighted by molar-refractivity contribution is 0.662. The van der Waals surface area contributed by atoms with E-state index in [9.17, 15) is 0 Å². The molecule has 0 fully saturated rings. The van der Waals surface area contributed by atoms with Crippen LogP contribution >= 0.6 is 11.3 Å². The van der Waals surface area contributed by atoms with Crippen molar-refractivity contribution in [1.82, 2.24) is 0 Å². The van der Waals surface area contributed by atoms with Crippen LogP contribution in [0.2, 0.25) is 0 Å². The van der Waals surface area contributed by atoms with E-state index in [-0.39, 0.29) is 5.41 Å². The molecule has 52 heavy (non-hydrogen) atoms. The largest absolute Gasteiger partial charge is 0.135 e. The van der Waals surface area contributed by atoms with Gasteiger partial charge in [0, 0.05) is 31.0 Å². The van der Waals surface area contributed by atoms with E-state index in [1.807, 2.05) is 11.3 Å². The third-order valence-corrected chi connectivity index (χ3v) is 12.5. The molecule has 0 atom stereocenters. The minimum atomic E-state index is -0.132. The number of hydrogen-bond acceptors (Lipinski definition) is 1. The van der Waals surface area contributed by atoms with Crippen molar-refractivity contribution in [1.29, 1.82) is 0 Å². The second kappa shape index (κ2) is 12.2. The molecular formula is C51H38S. The smallest absolute Gasteiger partial charge is 0.0434 e. The van der Waals surface area contributed by atoms with Crippen molar-refractivity contribution in [2.45, 2.75) is 32.1 Å². The van der Waals surface area contributed by atoms with E-state index >= 15 is 0 Å². The zero-order valence-corrected chi connectivity index (χ0v) is 30.3. The lowest BCUT2D eigenvalue weighted by Gasteiger charge is -2.25. The van der Waals surface area contributed by atoms with Crippen molar-refractivity contribution in [2.24, 2.45) is 0 Å². The van der Waals surface area contributed by atoms with E-state index < -0.39 is 0 Å². The van der Waals surface area contributed by atoms with Crippen molar-refractivity contribution in [3.05, 3.63) is 203 Å². The molecule has 1 heterocycles. The number of allylic oxidation sites excluding steroid dienone is 4. The maximum Gasteiger partial charge on any atom is 0.0434 e. The van der Waals surface area contributed by atoms with Crippen molar-refractivity contribution in [2.75, 3.05) is 0 Å². The zero-order chi connectivity index (χ0) is 34.8. The third-order valence-electron chi connectivity index (χ3n) is 11.3. The first-order valence-corrected chi connectivity index (χ1v) is 19.2. The Morgan fingerprint density at radius 2 is 1.08 bits per heavy atom. The summed E-state index contributed by atoms with van der Waals surface area (Å²) in [5.41, 5.74) is 13.1. The standard InChI is InChI=1S/C51H38S/c1-51(2)46-24-14-12-23-43(46)48-41-30-31-42-40-22-13-15-25-47(40)52-50(42)45(41)32-44(49(48)51)35-28-26-34(27-29-35)37-19-9-4-3-8-18-36(33-16-6-5-7-17-33)38-20-10-11-21-39(37)38/h5-32H,3-4H2,1-2H3/b18-8+,19-9+,38-36+,39-37+. The van der Waals surface area contributed by atoms with Crippen LogP contribution in [0.4, 0.5) is 0 Å². The molecule has 0 saturated heterocycles. The van der Waals surface area contributed by atoms with Gasteiger partial charge in [0.15, 0.2) is 0 Å². The molecule has 248 valence electrons. The van der Waals surface area contributed by atoms with Gasteiger partial charge < -0.3 is 0 Å². The van der Waals surface area contributed by atoms with Crippen molar-refractivity contribution < 1.29 is 0 Å². The molecule has 0 saturated carbocycles. The molecule has 0 spiro atoms. The highest BCUT2D eigenvalue weighted by molar-refractivity contribution is 7.26. The van der Waals surface area contributed by atoms with Gasteiger partial charge >= 0.3 is 0 Å². The first kappa shape index (κ1) is 31.0. The van der Waals surface area contributed by atoms with Crippen LogP contribution in [0.3, 0.4) is 0 Å². The van der Waals surface area contributed by atoms with Gasteiger partial charge in [-0.2, -0.15) is 0 Å². The van der Waals surface area contributed by atoms with Crippen LogP contribution < -0.4 is 10.4 Å². The highest BCUT2D eigenvalue weighted by Crippen LogP contribution is 2.56. The number of thiophene rings is 1. The Morgan fingerprint density at radius 3 is 1.83 bits per heavy atom. The molecule has 1 aromatic heterocycles. The summed E-state index contributed by atoms with van der Waals surface area (Å²) in [6.07, 6.45) is 11.3. The highest BCUT2D eigenvalue weighted by atomic mass is 32.1. The second-order valence-electron chi connectivity index (χ2n) is 14.7. The number of fused-ring (bicyclic) bond motifs is 10. The topological polar surface area (TPSA) is 0 Å². The van der Waals surface area contributed by atoms with Crippen LogP contribution in [0, 0.1) is 0 Å². The lowest BCUT2D eigenvalue weighted by atomic mass is 9.78. The average Bonchev–Trinajstić information content (AvgIpc) is 3.69. The molecule has 0 amide bonds. The van der Waals surface area contributed by atoms with Gasteiger partial charge in [-0.05, 0) is 96.5 Å². The molecule has 0 aliphatic heterocycles. The molecule has 10 rings (SSSR count). The normalized spacial score (nSPS) is 18.2. The van der Waals surface area contributed by atoms with Gasteiger partial charge in [0.25, 0.3) is 0 Å². The van der Waals surface area contributed by atoms with Crippen molar-refractivity contribution in [3.8, 4) is 22.3 Å². The van der Waals surface area contributed by atoms with Crippen molar-refractivity contribution in [3.63, 3.8) is 0 Å². The molecule has 1 heteroatoms. The molecule has 0 bridgehead atoms. The Bertz CT molecular complexity index is 2900. The van der Waals surface area contributed by atoms with Gasteiger partial charge in [-0.3, -0.25) is 0 Å². The Labute approximate surface area is 309 Å². The molecule has 0 unspecified atom stereocenters. The van der Waals surface area contributed by atoms with E-state index in [1.54, 1.807) is 0 Å². The molecule has 0 nitrogen and oxygen atoms in total. The number of benzene rings is 7. The Balaban J connectivity index is 1.23. The molecule has 2 aliphatic carbocycles. The summed E-state index contributed by atoms with van der Waals surface area (Å²) in [5, 5.41) is 7.91. The van der Waals surface area contributed by atoms with Gasteiger partial charge in [-0.25, -0.2) is 0 Å². The molecule has 2 aliphatic rings. The maximum absolute atomic E-state index is 2.51. The predicted molar refractivity (Wildman–Crippen MR) is 225 cm³/mol. The highest BCUT2D eigenvalue weighted by Gasteiger charge is 2.39. The van der Waals surface area contributed by atoms with E-state index in [1.165, 1.54) is 97.0 Å². The minimum absolute atomic E-state index is 0.132. The van der Waals surface area contributed by atoms with Crippen LogP contribution in [-0.2, 0) is 5.41 Å². The van der Waals surface area contributed by atoms with E-state index in [4.69, 9.17) is 0 Å². The average molecular weight is 683 g/mol. The Morgan fingerprint density at radius 1 is 0.481 bits per heavy atom. The second-order valence-corrected chi connectivity index (χ2v) is 15.7. The summed E-state index contributed by atoms with van der Waals surface area (Å²) in [4.78, 5) is 0. The first-order chi connectivity index (χ1) is 25.6. The number of hydrogen-bond donors (Lipinski definition) is 0. The predicted octanol–water partition coefficient (Wildman–Crippen LogP) is 12.5. The van der Waals surface area contributed by atoms with Gasteiger partial charge in [-0.15, -0.1) is 11.3 Å². The van der Waals surface area contributed by atoms with Gasteiger partial charge in [0.05, 0.1) is 0 Å². The minimum Gasteiger partial charge on any atom is -0.135 e. The molecule has 7 aromatic carbocycles. The fourth-order valence-corrected chi connectivity index (χ4v) is 10.1. The maximum atomic E-state index is 2.51. The molecule has 0 N–H and O–H groups in total. The van der Waals surface area contributed by atoms with Crippen molar-refractivity contribution >= 4 is 53.4 Å². The lowest BCUT2D eigenvalue weighted by Crippen LogP contribution is -2.29. The fourth-order valence-electron chi connectivity index (χ4n) is 8.87. The SMILES string of the molecule is CC1(C)c2ccccc2-c2c1c(-c1ccc(C3=c4\cccc\c4=C(c4ccccc4)\C=C\CC\C=C\3)cc1)cc1c2ccc2c3ccccc3sc12. The quantitative estimate of drug-likeness (QED) is 0.174. The van der Waals surface area contributed by atoms with Crippen LogP contribution in [0.25, 0.3) is 64.3 Å². The molecule has 0 radical (unpaired) electrons.